The van der Waals surface area contributed by atoms with Gasteiger partial charge in [0.2, 0.25) is 11.8 Å². The molecule has 1 atom stereocenters. The molecule has 1 fully saturated rings. The van der Waals surface area contributed by atoms with Crippen LogP contribution < -0.4 is 9.62 Å². The van der Waals surface area contributed by atoms with Crippen LogP contribution in [0.15, 0.2) is 102 Å². The number of halogens is 1. The van der Waals surface area contributed by atoms with Gasteiger partial charge in [0.1, 0.15) is 18.4 Å². The van der Waals surface area contributed by atoms with Gasteiger partial charge in [-0.3, -0.25) is 13.9 Å². The van der Waals surface area contributed by atoms with Gasteiger partial charge >= 0.3 is 0 Å². The van der Waals surface area contributed by atoms with Gasteiger partial charge < -0.3 is 10.2 Å². The number of nitrogens with zero attached hydrogens (tertiary/aromatic N) is 2. The summed E-state index contributed by atoms with van der Waals surface area (Å²) in [6.07, 6.45) is 5.00. The van der Waals surface area contributed by atoms with Crippen molar-refractivity contribution in [1.82, 2.24) is 10.2 Å². The lowest BCUT2D eigenvalue weighted by molar-refractivity contribution is -0.140. The first kappa shape index (κ1) is 34.8. The molecule has 2 amide bonds. The first-order chi connectivity index (χ1) is 23.0. The standard InChI is InChI=1S/C39H44FN3O4S/c1-28-18-20-35(21-19-28)48(46,47)43(34-23-29(2)22-30(3)24-34)27-38(44)42(26-32-14-10-11-17-36(32)40)37(25-31-12-6-4-7-13-31)39(45)41-33-15-8-5-9-16-33/h4,6-7,10-14,17-24,33,37H,5,8-9,15-16,25-27H2,1-3H3,(H,41,45)/t37-/m1/s1. The maximum Gasteiger partial charge on any atom is 0.264 e. The fraction of sp³-hybridized carbons (Fsp3) is 0.333. The van der Waals surface area contributed by atoms with Gasteiger partial charge in [-0.25, -0.2) is 12.8 Å². The van der Waals surface area contributed by atoms with E-state index in [1.807, 2.05) is 57.2 Å². The molecular formula is C39H44FN3O4S. The quantitative estimate of drug-likeness (QED) is 0.176. The Hall–Kier alpha value is -4.50. The summed E-state index contributed by atoms with van der Waals surface area (Å²) in [7, 11) is -4.23. The Bertz CT molecular complexity index is 1800. The number of aryl methyl sites for hydroxylation is 3. The predicted molar refractivity (Wildman–Crippen MR) is 188 cm³/mol. The van der Waals surface area contributed by atoms with Gasteiger partial charge in [-0.2, -0.15) is 0 Å². The topological polar surface area (TPSA) is 86.8 Å². The van der Waals surface area contributed by atoms with Crippen LogP contribution in [0.1, 0.15) is 59.9 Å². The van der Waals surface area contributed by atoms with Gasteiger partial charge in [0.05, 0.1) is 10.6 Å². The van der Waals surface area contributed by atoms with E-state index in [1.54, 1.807) is 42.5 Å². The minimum absolute atomic E-state index is 0.0244. The fourth-order valence-electron chi connectivity index (χ4n) is 6.37. The van der Waals surface area contributed by atoms with Crippen LogP contribution in [0.3, 0.4) is 0 Å². The molecule has 1 aliphatic rings. The number of hydrogen-bond donors (Lipinski definition) is 1. The minimum atomic E-state index is -4.23. The van der Waals surface area contributed by atoms with Gasteiger partial charge in [-0.15, -0.1) is 0 Å². The molecule has 0 aliphatic heterocycles. The highest BCUT2D eigenvalue weighted by atomic mass is 32.2. The van der Waals surface area contributed by atoms with Crippen molar-refractivity contribution >= 4 is 27.5 Å². The molecular weight excluding hydrogens is 626 g/mol. The molecule has 1 N–H and O–H groups in total. The summed E-state index contributed by atoms with van der Waals surface area (Å²) in [5.74, 6) is -1.47. The highest BCUT2D eigenvalue weighted by molar-refractivity contribution is 7.92. The van der Waals surface area contributed by atoms with Crippen molar-refractivity contribution in [1.29, 1.82) is 0 Å². The summed E-state index contributed by atoms with van der Waals surface area (Å²) in [5, 5.41) is 3.18. The third-order valence-corrected chi connectivity index (χ3v) is 10.7. The van der Waals surface area contributed by atoms with Crippen LogP contribution in [-0.4, -0.2) is 43.8 Å². The number of nitrogens with one attached hydrogen (secondary N) is 1. The Balaban J connectivity index is 1.59. The molecule has 0 aromatic heterocycles. The smallest absolute Gasteiger partial charge is 0.264 e. The lowest BCUT2D eigenvalue weighted by atomic mass is 9.94. The zero-order valence-corrected chi connectivity index (χ0v) is 28.7. The second-order valence-electron chi connectivity index (χ2n) is 12.8. The molecule has 7 nitrogen and oxygen atoms in total. The normalized spacial score (nSPS) is 14.2. The largest absolute Gasteiger partial charge is 0.352 e. The minimum Gasteiger partial charge on any atom is -0.352 e. The summed E-state index contributed by atoms with van der Waals surface area (Å²) in [5.41, 5.74) is 3.95. The SMILES string of the molecule is Cc1ccc(S(=O)(=O)N(CC(=O)N(Cc2ccccc2F)[C@H](Cc2ccccc2)C(=O)NC2CCCCC2)c2cc(C)cc(C)c2)cc1. The number of amides is 2. The van der Waals surface area contributed by atoms with Crippen LogP contribution in [-0.2, 0) is 32.6 Å². The van der Waals surface area contributed by atoms with Crippen molar-refractivity contribution in [2.24, 2.45) is 0 Å². The Morgan fingerprint density at radius 2 is 1.44 bits per heavy atom. The second kappa shape index (κ2) is 15.6. The molecule has 1 aliphatic carbocycles. The number of hydrogen-bond acceptors (Lipinski definition) is 4. The van der Waals surface area contributed by atoms with Crippen LogP contribution in [0.4, 0.5) is 10.1 Å². The number of benzene rings is 4. The van der Waals surface area contributed by atoms with E-state index in [-0.39, 0.29) is 35.4 Å². The molecule has 48 heavy (non-hydrogen) atoms. The van der Waals surface area contributed by atoms with Crippen LogP contribution in [0, 0.1) is 26.6 Å². The lowest BCUT2D eigenvalue weighted by Gasteiger charge is -2.35. The molecule has 4 aromatic rings. The first-order valence-electron chi connectivity index (χ1n) is 16.6. The summed E-state index contributed by atoms with van der Waals surface area (Å²) in [4.78, 5) is 30.3. The highest BCUT2D eigenvalue weighted by Gasteiger charge is 2.36. The lowest BCUT2D eigenvalue weighted by Crippen LogP contribution is -2.55. The van der Waals surface area contributed by atoms with E-state index in [4.69, 9.17) is 0 Å². The number of rotatable bonds is 12. The van der Waals surface area contributed by atoms with Gasteiger partial charge in [0.25, 0.3) is 10.0 Å². The van der Waals surface area contributed by atoms with Gasteiger partial charge in [0.15, 0.2) is 0 Å². The van der Waals surface area contributed by atoms with E-state index in [1.165, 1.54) is 23.1 Å². The average Bonchev–Trinajstić information content (AvgIpc) is 3.06. The number of anilines is 1. The van der Waals surface area contributed by atoms with Crippen LogP contribution in [0.5, 0.6) is 0 Å². The first-order valence-corrected chi connectivity index (χ1v) is 18.0. The Kier molecular flexibility index (Phi) is 11.3. The third kappa shape index (κ3) is 8.69. The Labute approximate surface area is 283 Å². The van der Waals surface area contributed by atoms with Crippen LogP contribution >= 0.6 is 0 Å². The monoisotopic (exact) mass is 669 g/mol. The molecule has 252 valence electrons. The maximum absolute atomic E-state index is 15.2. The van der Waals surface area contributed by atoms with Crippen molar-refractivity contribution < 1.29 is 22.4 Å². The second-order valence-corrected chi connectivity index (χ2v) is 14.7. The van der Waals surface area contributed by atoms with Gasteiger partial charge in [-0.05, 0) is 80.6 Å². The molecule has 0 unspecified atom stereocenters. The molecule has 0 heterocycles. The van der Waals surface area contributed by atoms with E-state index in [0.29, 0.717) is 5.69 Å². The van der Waals surface area contributed by atoms with Crippen molar-refractivity contribution in [2.45, 2.75) is 82.8 Å². The number of carbonyl (C=O) groups is 2. The molecule has 0 spiro atoms. The zero-order valence-electron chi connectivity index (χ0n) is 27.9. The van der Waals surface area contributed by atoms with E-state index >= 15 is 4.39 Å². The van der Waals surface area contributed by atoms with E-state index in [0.717, 1.165) is 58.7 Å². The highest BCUT2D eigenvalue weighted by Crippen LogP contribution is 2.28. The fourth-order valence-corrected chi connectivity index (χ4v) is 7.77. The van der Waals surface area contributed by atoms with Gasteiger partial charge in [-0.1, -0.05) is 91.6 Å². The molecule has 1 saturated carbocycles. The molecule has 5 rings (SSSR count). The molecule has 0 bridgehead atoms. The molecule has 0 saturated heterocycles. The maximum atomic E-state index is 15.2. The summed E-state index contributed by atoms with van der Waals surface area (Å²) in [6, 6.07) is 26.3. The van der Waals surface area contributed by atoms with E-state index in [9.17, 15) is 18.0 Å². The number of sulfonamides is 1. The molecule has 4 aromatic carbocycles. The van der Waals surface area contributed by atoms with Crippen molar-refractivity contribution in [3.05, 3.63) is 131 Å². The van der Waals surface area contributed by atoms with Crippen molar-refractivity contribution in [3.63, 3.8) is 0 Å². The van der Waals surface area contributed by atoms with E-state index < -0.39 is 34.3 Å². The zero-order chi connectivity index (χ0) is 34.3. The predicted octanol–water partition coefficient (Wildman–Crippen LogP) is 7.04. The third-order valence-electron chi connectivity index (χ3n) is 8.90. The number of carbonyl (C=O) groups excluding carboxylic acids is 2. The summed E-state index contributed by atoms with van der Waals surface area (Å²) in [6.45, 7) is 4.80. The molecule has 0 radical (unpaired) electrons. The Morgan fingerprint density at radius 3 is 2.08 bits per heavy atom. The summed E-state index contributed by atoms with van der Waals surface area (Å²) >= 11 is 0. The van der Waals surface area contributed by atoms with Crippen molar-refractivity contribution in [2.75, 3.05) is 10.8 Å². The van der Waals surface area contributed by atoms with Crippen molar-refractivity contribution in [3.8, 4) is 0 Å². The van der Waals surface area contributed by atoms with E-state index in [2.05, 4.69) is 5.32 Å². The van der Waals surface area contributed by atoms with Crippen LogP contribution in [0.2, 0.25) is 0 Å². The van der Waals surface area contributed by atoms with Gasteiger partial charge in [0, 0.05) is 24.6 Å². The molecule has 9 heteroatoms. The Morgan fingerprint density at radius 1 is 0.812 bits per heavy atom. The average molecular weight is 670 g/mol. The van der Waals surface area contributed by atoms with Crippen LogP contribution in [0.25, 0.3) is 0 Å². The summed E-state index contributed by atoms with van der Waals surface area (Å²) < 4.78 is 44.9.